The van der Waals surface area contributed by atoms with Gasteiger partial charge in [0.1, 0.15) is 11.6 Å². The molecule has 0 spiro atoms. The molecule has 1 fully saturated rings. The summed E-state index contributed by atoms with van der Waals surface area (Å²) >= 11 is 0. The third-order valence-corrected chi connectivity index (χ3v) is 4.61. The minimum Gasteiger partial charge on any atom is -0.353 e. The Morgan fingerprint density at radius 2 is 1.96 bits per heavy atom. The fraction of sp³-hybridized carbons (Fsp3) is 0.647. The molecule has 1 N–H and O–H groups in total. The summed E-state index contributed by atoms with van der Waals surface area (Å²) in [6.07, 6.45) is 0.932. The highest BCUT2D eigenvalue weighted by atomic mass is 16.2. The monoisotopic (exact) mass is 330 g/mol. The molecule has 0 aliphatic carbocycles. The maximum absolute atomic E-state index is 12.0. The van der Waals surface area contributed by atoms with Gasteiger partial charge in [-0.05, 0) is 32.8 Å². The van der Waals surface area contributed by atoms with Crippen LogP contribution in [0.2, 0.25) is 0 Å². The Balaban J connectivity index is 1.95. The second kappa shape index (κ2) is 8.06. The molecular formula is C17H26N6O. The van der Waals surface area contributed by atoms with Crippen molar-refractivity contribution in [1.29, 1.82) is 5.26 Å². The average molecular weight is 330 g/mol. The lowest BCUT2D eigenvalue weighted by Gasteiger charge is -2.35. The number of nitrogens with one attached hydrogen (secondary N) is 1. The van der Waals surface area contributed by atoms with E-state index >= 15 is 0 Å². The molecule has 1 saturated heterocycles. The van der Waals surface area contributed by atoms with E-state index in [1.165, 1.54) is 0 Å². The fourth-order valence-corrected chi connectivity index (χ4v) is 2.69. The van der Waals surface area contributed by atoms with Crippen molar-refractivity contribution in [1.82, 2.24) is 20.4 Å². The van der Waals surface area contributed by atoms with E-state index in [2.05, 4.69) is 38.3 Å². The number of nitrogens with zero attached hydrogens (tertiary/aromatic N) is 5. The van der Waals surface area contributed by atoms with Gasteiger partial charge in [-0.1, -0.05) is 6.92 Å². The van der Waals surface area contributed by atoms with E-state index in [1.807, 2.05) is 20.8 Å². The van der Waals surface area contributed by atoms with Crippen molar-refractivity contribution in [3.05, 3.63) is 16.8 Å². The fourth-order valence-electron chi connectivity index (χ4n) is 2.69. The van der Waals surface area contributed by atoms with Crippen molar-refractivity contribution >= 4 is 11.7 Å². The lowest BCUT2D eigenvalue weighted by molar-refractivity contribution is -0.122. The first-order valence-corrected chi connectivity index (χ1v) is 8.46. The van der Waals surface area contributed by atoms with Gasteiger partial charge in [-0.25, -0.2) is 0 Å². The predicted molar refractivity (Wildman–Crippen MR) is 92.8 cm³/mol. The van der Waals surface area contributed by atoms with Crippen LogP contribution in [0.4, 0.5) is 5.82 Å². The van der Waals surface area contributed by atoms with Gasteiger partial charge in [-0.2, -0.15) is 10.4 Å². The highest BCUT2D eigenvalue weighted by Gasteiger charge is 2.23. The highest BCUT2D eigenvalue weighted by molar-refractivity contribution is 5.78. The Kier molecular flexibility index (Phi) is 6.10. The molecule has 1 atom stereocenters. The summed E-state index contributed by atoms with van der Waals surface area (Å²) in [4.78, 5) is 16.2. The Morgan fingerprint density at radius 3 is 2.54 bits per heavy atom. The first kappa shape index (κ1) is 18.1. The van der Waals surface area contributed by atoms with Gasteiger partial charge in [0.05, 0.1) is 12.2 Å². The molecular weight excluding hydrogens is 304 g/mol. The van der Waals surface area contributed by atoms with E-state index in [0.717, 1.165) is 43.9 Å². The summed E-state index contributed by atoms with van der Waals surface area (Å²) in [5.41, 5.74) is 2.28. The van der Waals surface area contributed by atoms with Gasteiger partial charge in [0, 0.05) is 32.2 Å². The van der Waals surface area contributed by atoms with E-state index in [4.69, 9.17) is 0 Å². The van der Waals surface area contributed by atoms with E-state index in [9.17, 15) is 10.1 Å². The maximum Gasteiger partial charge on any atom is 0.234 e. The van der Waals surface area contributed by atoms with Crippen molar-refractivity contribution in [3.63, 3.8) is 0 Å². The van der Waals surface area contributed by atoms with Crippen LogP contribution >= 0.6 is 0 Å². The van der Waals surface area contributed by atoms with Crippen molar-refractivity contribution in [2.24, 2.45) is 0 Å². The number of nitriles is 1. The zero-order valence-corrected chi connectivity index (χ0v) is 15.0. The average Bonchev–Trinajstić information content (AvgIpc) is 2.57. The normalized spacial score (nSPS) is 16.5. The van der Waals surface area contributed by atoms with Crippen LogP contribution in [0, 0.1) is 25.2 Å². The molecule has 1 aromatic rings. The number of piperazine rings is 1. The number of hydrogen-bond donors (Lipinski definition) is 1. The number of anilines is 1. The molecule has 7 heteroatoms. The van der Waals surface area contributed by atoms with Crippen molar-refractivity contribution in [2.75, 3.05) is 37.6 Å². The molecule has 0 aromatic carbocycles. The second-order valence-corrected chi connectivity index (χ2v) is 6.36. The zero-order chi connectivity index (χ0) is 17.7. The van der Waals surface area contributed by atoms with Gasteiger partial charge in [0.2, 0.25) is 5.91 Å². The third kappa shape index (κ3) is 4.20. The van der Waals surface area contributed by atoms with Crippen LogP contribution in [0.15, 0.2) is 0 Å². The quantitative estimate of drug-likeness (QED) is 0.867. The number of aromatic nitrogens is 2. The van der Waals surface area contributed by atoms with Gasteiger partial charge in [-0.3, -0.25) is 9.69 Å². The van der Waals surface area contributed by atoms with Crippen molar-refractivity contribution < 1.29 is 4.79 Å². The highest BCUT2D eigenvalue weighted by Crippen LogP contribution is 2.22. The summed E-state index contributed by atoms with van der Waals surface area (Å²) in [7, 11) is 0. The maximum atomic E-state index is 12.0. The van der Waals surface area contributed by atoms with Gasteiger partial charge in [0.15, 0.2) is 5.82 Å². The first-order valence-electron chi connectivity index (χ1n) is 8.46. The molecule has 1 aliphatic rings. The Hall–Kier alpha value is -2.20. The van der Waals surface area contributed by atoms with E-state index in [-0.39, 0.29) is 11.9 Å². The molecule has 2 rings (SSSR count). The van der Waals surface area contributed by atoms with Crippen LogP contribution in [0.1, 0.15) is 37.1 Å². The van der Waals surface area contributed by atoms with E-state index in [0.29, 0.717) is 17.9 Å². The second-order valence-electron chi connectivity index (χ2n) is 6.36. The molecule has 0 unspecified atom stereocenters. The minimum atomic E-state index is 0.0708. The molecule has 2 heterocycles. The van der Waals surface area contributed by atoms with Crippen molar-refractivity contribution in [2.45, 2.75) is 40.2 Å². The number of amides is 1. The van der Waals surface area contributed by atoms with Gasteiger partial charge < -0.3 is 10.2 Å². The van der Waals surface area contributed by atoms with Crippen LogP contribution < -0.4 is 10.2 Å². The molecule has 130 valence electrons. The number of carbonyl (C=O) groups excluding carboxylic acids is 1. The Bertz CT molecular complexity index is 631. The van der Waals surface area contributed by atoms with Crippen molar-refractivity contribution in [3.8, 4) is 6.07 Å². The molecule has 1 aromatic heterocycles. The smallest absolute Gasteiger partial charge is 0.234 e. The SMILES string of the molecule is CC[C@H](C)NC(=O)CN1CCN(c2nnc(C)c(C)c2C#N)CC1. The lowest BCUT2D eigenvalue weighted by Crippen LogP contribution is -2.50. The summed E-state index contributed by atoms with van der Waals surface area (Å²) in [6, 6.07) is 2.46. The summed E-state index contributed by atoms with van der Waals surface area (Å²) < 4.78 is 0. The van der Waals surface area contributed by atoms with Gasteiger partial charge in [-0.15, -0.1) is 5.10 Å². The van der Waals surface area contributed by atoms with Crippen LogP contribution in [0.25, 0.3) is 0 Å². The van der Waals surface area contributed by atoms with Crippen LogP contribution in [0.3, 0.4) is 0 Å². The summed E-state index contributed by atoms with van der Waals surface area (Å²) in [5, 5.41) is 20.8. The molecule has 1 aliphatic heterocycles. The number of aryl methyl sites for hydroxylation is 1. The summed E-state index contributed by atoms with van der Waals surface area (Å²) in [6.45, 7) is 11.3. The molecule has 24 heavy (non-hydrogen) atoms. The Labute approximate surface area is 143 Å². The van der Waals surface area contributed by atoms with Gasteiger partial charge in [0.25, 0.3) is 0 Å². The standard InChI is InChI=1S/C17H26N6O/c1-5-12(2)19-16(24)11-22-6-8-23(9-7-22)17-15(10-18)13(3)14(4)20-21-17/h12H,5-9,11H2,1-4H3,(H,19,24)/t12-/m0/s1. The predicted octanol–water partition coefficient (Wildman–Crippen LogP) is 1.00. The molecule has 7 nitrogen and oxygen atoms in total. The lowest BCUT2D eigenvalue weighted by atomic mass is 10.1. The van der Waals surface area contributed by atoms with E-state index < -0.39 is 0 Å². The topological polar surface area (TPSA) is 85.2 Å². The number of hydrogen-bond acceptors (Lipinski definition) is 6. The Morgan fingerprint density at radius 1 is 1.29 bits per heavy atom. The zero-order valence-electron chi connectivity index (χ0n) is 15.0. The van der Waals surface area contributed by atoms with Crippen LogP contribution in [0.5, 0.6) is 0 Å². The molecule has 0 radical (unpaired) electrons. The summed E-state index contributed by atoms with van der Waals surface area (Å²) in [5.74, 6) is 0.728. The van der Waals surface area contributed by atoms with Crippen LogP contribution in [-0.4, -0.2) is 59.8 Å². The molecule has 0 saturated carbocycles. The first-order chi connectivity index (χ1) is 11.5. The number of rotatable bonds is 5. The largest absolute Gasteiger partial charge is 0.353 e. The van der Waals surface area contributed by atoms with Gasteiger partial charge >= 0.3 is 0 Å². The third-order valence-electron chi connectivity index (χ3n) is 4.61. The number of carbonyl (C=O) groups is 1. The van der Waals surface area contributed by atoms with E-state index in [1.54, 1.807) is 0 Å². The molecule has 1 amide bonds. The van der Waals surface area contributed by atoms with Crippen LogP contribution in [-0.2, 0) is 4.79 Å². The molecule has 0 bridgehead atoms. The minimum absolute atomic E-state index is 0.0708.